The highest BCUT2D eigenvalue weighted by Gasteiger charge is 2.02. The third kappa shape index (κ3) is 6.28. The summed E-state index contributed by atoms with van der Waals surface area (Å²) in [5.74, 6) is 0.751. The zero-order valence-corrected chi connectivity index (χ0v) is 9.35. The Morgan fingerprint density at radius 2 is 2.07 bits per heavy atom. The number of carbonyl (C=O) groups is 1. The highest BCUT2D eigenvalue weighted by molar-refractivity contribution is 5.81. The molecular formula is C9H20N4O. The largest absolute Gasteiger partial charge is 0.359 e. The highest BCUT2D eigenvalue weighted by Crippen LogP contribution is 1.82. The monoisotopic (exact) mass is 200 g/mol. The Bertz CT molecular complexity index is 201. The third-order valence-electron chi connectivity index (χ3n) is 1.55. The number of guanidine groups is 1. The molecule has 0 aromatic carbocycles. The Hall–Kier alpha value is -1.26. The van der Waals surface area contributed by atoms with Crippen LogP contribution in [0.2, 0.25) is 0 Å². The first-order valence-electron chi connectivity index (χ1n) is 4.78. The van der Waals surface area contributed by atoms with Crippen molar-refractivity contribution in [3.63, 3.8) is 0 Å². The van der Waals surface area contributed by atoms with E-state index in [1.807, 2.05) is 13.8 Å². The number of hydrogen-bond acceptors (Lipinski definition) is 2. The van der Waals surface area contributed by atoms with E-state index in [0.717, 1.165) is 0 Å². The van der Waals surface area contributed by atoms with Gasteiger partial charge in [0.1, 0.15) is 0 Å². The zero-order valence-electron chi connectivity index (χ0n) is 9.35. The van der Waals surface area contributed by atoms with E-state index in [2.05, 4.69) is 20.9 Å². The van der Waals surface area contributed by atoms with Gasteiger partial charge in [0.15, 0.2) is 5.96 Å². The zero-order chi connectivity index (χ0) is 11.0. The van der Waals surface area contributed by atoms with Crippen molar-refractivity contribution in [2.45, 2.75) is 26.3 Å². The van der Waals surface area contributed by atoms with Gasteiger partial charge in [-0.2, -0.15) is 0 Å². The van der Waals surface area contributed by atoms with E-state index in [1.165, 1.54) is 0 Å². The second-order valence-electron chi connectivity index (χ2n) is 3.22. The van der Waals surface area contributed by atoms with Crippen LogP contribution in [0, 0.1) is 0 Å². The second kappa shape index (κ2) is 7.17. The molecule has 0 spiro atoms. The summed E-state index contributed by atoms with van der Waals surface area (Å²) in [6.45, 7) is 4.47. The van der Waals surface area contributed by atoms with Gasteiger partial charge < -0.3 is 16.0 Å². The fourth-order valence-corrected chi connectivity index (χ4v) is 0.968. The van der Waals surface area contributed by atoms with Gasteiger partial charge in [-0.1, -0.05) is 0 Å². The lowest BCUT2D eigenvalue weighted by Gasteiger charge is -2.10. The summed E-state index contributed by atoms with van der Waals surface area (Å²) >= 11 is 0. The molecule has 0 saturated heterocycles. The lowest BCUT2D eigenvalue weighted by molar-refractivity contribution is -0.121. The average Bonchev–Trinajstić information content (AvgIpc) is 2.11. The Balaban J connectivity index is 3.58. The lowest BCUT2D eigenvalue weighted by atomic mass is 10.3. The van der Waals surface area contributed by atoms with E-state index in [0.29, 0.717) is 18.9 Å². The number of hydrogen-bond donors (Lipinski definition) is 3. The number of rotatable bonds is 4. The Morgan fingerprint density at radius 3 is 2.50 bits per heavy atom. The Kier molecular flexibility index (Phi) is 6.53. The van der Waals surface area contributed by atoms with Crippen molar-refractivity contribution >= 4 is 11.9 Å². The SMILES string of the molecule is CN=C(NC)NCCC(=O)NC(C)C. The molecular weight excluding hydrogens is 180 g/mol. The van der Waals surface area contributed by atoms with Crippen LogP contribution in [-0.4, -0.2) is 38.5 Å². The van der Waals surface area contributed by atoms with Crippen molar-refractivity contribution in [1.82, 2.24) is 16.0 Å². The summed E-state index contributed by atoms with van der Waals surface area (Å²) in [6, 6.07) is 0.200. The van der Waals surface area contributed by atoms with Crippen LogP contribution in [0.5, 0.6) is 0 Å². The van der Waals surface area contributed by atoms with Crippen molar-refractivity contribution in [2.75, 3.05) is 20.6 Å². The standard InChI is InChI=1S/C9H20N4O/c1-7(2)13-8(14)5-6-12-9(10-3)11-4/h7H,5-6H2,1-4H3,(H,13,14)(H2,10,11,12). The lowest BCUT2D eigenvalue weighted by Crippen LogP contribution is -2.38. The number of aliphatic imine (C=N–C) groups is 1. The quantitative estimate of drug-likeness (QED) is 0.431. The van der Waals surface area contributed by atoms with Crippen LogP contribution in [-0.2, 0) is 4.79 Å². The molecule has 5 nitrogen and oxygen atoms in total. The molecule has 0 aliphatic heterocycles. The van der Waals surface area contributed by atoms with Gasteiger partial charge in [0.05, 0.1) is 0 Å². The van der Waals surface area contributed by atoms with Gasteiger partial charge in [-0.3, -0.25) is 9.79 Å². The van der Waals surface area contributed by atoms with Gasteiger partial charge >= 0.3 is 0 Å². The molecule has 0 aliphatic rings. The molecule has 0 bridgehead atoms. The first-order chi connectivity index (χ1) is 6.60. The molecule has 14 heavy (non-hydrogen) atoms. The summed E-state index contributed by atoms with van der Waals surface area (Å²) in [7, 11) is 3.47. The summed E-state index contributed by atoms with van der Waals surface area (Å²) < 4.78 is 0. The molecule has 0 radical (unpaired) electrons. The van der Waals surface area contributed by atoms with Crippen molar-refractivity contribution in [3.8, 4) is 0 Å². The van der Waals surface area contributed by atoms with Crippen molar-refractivity contribution < 1.29 is 4.79 Å². The Morgan fingerprint density at radius 1 is 1.43 bits per heavy atom. The van der Waals surface area contributed by atoms with Crippen molar-refractivity contribution in [1.29, 1.82) is 0 Å². The summed E-state index contributed by atoms with van der Waals surface area (Å²) in [5.41, 5.74) is 0. The van der Waals surface area contributed by atoms with Gasteiger partial charge in [-0.15, -0.1) is 0 Å². The third-order valence-corrected chi connectivity index (χ3v) is 1.55. The molecule has 0 rings (SSSR count). The summed E-state index contributed by atoms with van der Waals surface area (Å²) in [5, 5.41) is 8.69. The number of carbonyl (C=O) groups excluding carboxylic acids is 1. The fourth-order valence-electron chi connectivity index (χ4n) is 0.968. The molecule has 0 fully saturated rings. The van der Waals surface area contributed by atoms with E-state index in [-0.39, 0.29) is 11.9 Å². The predicted octanol–water partition coefficient (Wildman–Crippen LogP) is -0.304. The molecule has 0 unspecified atom stereocenters. The van der Waals surface area contributed by atoms with Crippen LogP contribution in [0.4, 0.5) is 0 Å². The molecule has 5 heteroatoms. The molecule has 0 heterocycles. The maximum absolute atomic E-state index is 11.2. The van der Waals surface area contributed by atoms with Crippen LogP contribution >= 0.6 is 0 Å². The van der Waals surface area contributed by atoms with Crippen LogP contribution in [0.25, 0.3) is 0 Å². The van der Waals surface area contributed by atoms with E-state index in [9.17, 15) is 4.79 Å². The topological polar surface area (TPSA) is 65.5 Å². The van der Waals surface area contributed by atoms with Gasteiger partial charge in [0.25, 0.3) is 0 Å². The first kappa shape index (κ1) is 12.7. The highest BCUT2D eigenvalue weighted by atomic mass is 16.1. The molecule has 0 saturated carbocycles. The molecule has 0 aromatic heterocycles. The van der Waals surface area contributed by atoms with Gasteiger partial charge in [0, 0.05) is 33.1 Å². The van der Waals surface area contributed by atoms with Crippen LogP contribution in [0.1, 0.15) is 20.3 Å². The van der Waals surface area contributed by atoms with E-state index >= 15 is 0 Å². The Labute approximate surface area is 85.4 Å². The maximum Gasteiger partial charge on any atom is 0.221 e. The van der Waals surface area contributed by atoms with E-state index in [1.54, 1.807) is 14.1 Å². The molecule has 3 N–H and O–H groups in total. The molecule has 0 aliphatic carbocycles. The van der Waals surface area contributed by atoms with Crippen molar-refractivity contribution in [2.24, 2.45) is 4.99 Å². The van der Waals surface area contributed by atoms with Crippen LogP contribution < -0.4 is 16.0 Å². The fraction of sp³-hybridized carbons (Fsp3) is 0.778. The minimum Gasteiger partial charge on any atom is -0.359 e. The minimum atomic E-state index is 0.0547. The number of amides is 1. The molecule has 82 valence electrons. The van der Waals surface area contributed by atoms with Crippen LogP contribution in [0.15, 0.2) is 4.99 Å². The summed E-state index contributed by atoms with van der Waals surface area (Å²) in [4.78, 5) is 15.1. The predicted molar refractivity (Wildman–Crippen MR) is 58.3 cm³/mol. The smallest absolute Gasteiger partial charge is 0.221 e. The van der Waals surface area contributed by atoms with Gasteiger partial charge in [0.2, 0.25) is 5.91 Å². The van der Waals surface area contributed by atoms with E-state index < -0.39 is 0 Å². The molecule has 0 atom stereocenters. The van der Waals surface area contributed by atoms with E-state index in [4.69, 9.17) is 0 Å². The maximum atomic E-state index is 11.2. The number of nitrogens with one attached hydrogen (secondary N) is 3. The molecule has 1 amide bonds. The molecule has 0 aromatic rings. The van der Waals surface area contributed by atoms with Crippen LogP contribution in [0.3, 0.4) is 0 Å². The second-order valence-corrected chi connectivity index (χ2v) is 3.22. The normalized spacial score (nSPS) is 11.4. The van der Waals surface area contributed by atoms with Crippen molar-refractivity contribution in [3.05, 3.63) is 0 Å². The average molecular weight is 200 g/mol. The van der Waals surface area contributed by atoms with Gasteiger partial charge in [-0.25, -0.2) is 0 Å². The minimum absolute atomic E-state index is 0.0547. The number of nitrogens with zero attached hydrogens (tertiary/aromatic N) is 1. The first-order valence-corrected chi connectivity index (χ1v) is 4.78. The van der Waals surface area contributed by atoms with Gasteiger partial charge in [-0.05, 0) is 13.8 Å². The summed E-state index contributed by atoms with van der Waals surface area (Å²) in [6.07, 6.45) is 0.457.